The molecule has 4 heteroatoms. The summed E-state index contributed by atoms with van der Waals surface area (Å²) in [6.45, 7) is 0. The van der Waals surface area contributed by atoms with Crippen LogP contribution in [0.5, 0.6) is 0 Å². The summed E-state index contributed by atoms with van der Waals surface area (Å²) in [6.07, 6.45) is 0. The number of fused-ring (bicyclic) bond motifs is 9. The van der Waals surface area contributed by atoms with Crippen LogP contribution in [-0.2, 0) is 0 Å². The van der Waals surface area contributed by atoms with Crippen molar-refractivity contribution in [2.45, 2.75) is 0 Å². The number of hydrogen-bond acceptors (Lipinski definition) is 4. The van der Waals surface area contributed by atoms with Crippen molar-refractivity contribution in [1.29, 1.82) is 0 Å². The molecule has 0 aliphatic heterocycles. The van der Waals surface area contributed by atoms with Crippen LogP contribution in [0, 0.1) is 0 Å². The van der Waals surface area contributed by atoms with Gasteiger partial charge in [0.05, 0.1) is 20.6 Å². The molecule has 10 aromatic rings. The van der Waals surface area contributed by atoms with Gasteiger partial charge in [0, 0.05) is 36.9 Å². The van der Waals surface area contributed by atoms with Crippen LogP contribution in [-0.4, -0.2) is 15.0 Å². The summed E-state index contributed by atoms with van der Waals surface area (Å²) >= 11 is 1.53. The Hall–Kier alpha value is -6.23. The van der Waals surface area contributed by atoms with Crippen molar-refractivity contribution in [2.24, 2.45) is 0 Å². The third-order valence-electron chi connectivity index (χ3n) is 8.35. The minimum atomic E-state index is -0.769. The minimum absolute atomic E-state index is 0.166. The lowest BCUT2D eigenvalue weighted by molar-refractivity contribution is 1.08. The van der Waals surface area contributed by atoms with E-state index >= 15 is 0 Å². The zero-order valence-electron chi connectivity index (χ0n) is 40.2. The second-order valence-electron chi connectivity index (χ2n) is 11.2. The summed E-state index contributed by atoms with van der Waals surface area (Å²) < 4.78 is 137. The van der Waals surface area contributed by atoms with Crippen LogP contribution in [0.15, 0.2) is 163 Å². The Kier molecular flexibility index (Phi) is 3.82. The van der Waals surface area contributed by atoms with E-state index in [-0.39, 0.29) is 55.4 Å². The number of hydrogen-bond donors (Lipinski definition) is 0. The van der Waals surface area contributed by atoms with Gasteiger partial charge in [0.15, 0.2) is 17.5 Å². The van der Waals surface area contributed by atoms with E-state index in [1.807, 2.05) is 48.5 Å². The van der Waals surface area contributed by atoms with Gasteiger partial charge in [-0.1, -0.05) is 139 Å². The Bertz CT molecular complexity index is 3700. The fourth-order valence-electron chi connectivity index (χ4n) is 6.11. The molecular formula is C45H27N3S. The van der Waals surface area contributed by atoms with Gasteiger partial charge >= 0.3 is 0 Å². The van der Waals surface area contributed by atoms with Crippen molar-refractivity contribution in [3.05, 3.63) is 163 Å². The molecule has 0 bridgehead atoms. The molecule has 0 radical (unpaired) electrons. The predicted molar refractivity (Wildman–Crippen MR) is 207 cm³/mol. The number of rotatable bonds is 4. The largest absolute Gasteiger partial charge is 0.208 e. The van der Waals surface area contributed by atoms with Crippen LogP contribution in [0.3, 0.4) is 0 Å². The molecular weight excluding hydrogens is 615 g/mol. The standard InChI is InChI=1S/C45H27N3S/c1-2-12-28(13-3-1)43-46-44(48-45(47-43)39-22-11-21-38-37-20-8-9-23-41(37)49-42(38)39)31-15-10-14-29(26-31)30-24-25-36-34-18-5-4-16-32(34)33-17-6-7-19-35(33)40(36)27-30/h1-27H/i4D,5D,6D,7D,10D,14D,15D,16D,17D,18D,19D,24D,25D,26D,27D. The van der Waals surface area contributed by atoms with E-state index in [2.05, 4.69) is 0 Å². The van der Waals surface area contributed by atoms with E-state index < -0.39 is 102 Å². The molecule has 0 aliphatic carbocycles. The third-order valence-corrected chi connectivity index (χ3v) is 9.57. The summed E-state index contributed by atoms with van der Waals surface area (Å²) in [7, 11) is 0. The van der Waals surface area contributed by atoms with Crippen molar-refractivity contribution in [2.75, 3.05) is 0 Å². The van der Waals surface area contributed by atoms with Crippen molar-refractivity contribution in [1.82, 2.24) is 15.0 Å². The summed E-state index contributed by atoms with van der Waals surface area (Å²) in [5, 5.41) is -0.181. The van der Waals surface area contributed by atoms with Crippen LogP contribution in [0.4, 0.5) is 0 Å². The molecule has 3 nitrogen and oxygen atoms in total. The van der Waals surface area contributed by atoms with Crippen molar-refractivity contribution >= 4 is 63.8 Å². The van der Waals surface area contributed by atoms with E-state index in [9.17, 15) is 6.85 Å². The molecule has 0 unspecified atom stereocenters. The third kappa shape index (κ3) is 4.61. The van der Waals surface area contributed by atoms with E-state index in [0.29, 0.717) is 11.1 Å². The molecule has 2 aromatic heterocycles. The van der Waals surface area contributed by atoms with Gasteiger partial charge in [-0.2, -0.15) is 0 Å². The molecule has 228 valence electrons. The van der Waals surface area contributed by atoms with Gasteiger partial charge in [-0.25, -0.2) is 15.0 Å². The number of thiophene rings is 1. The lowest BCUT2D eigenvalue weighted by Crippen LogP contribution is -2.00. The van der Waals surface area contributed by atoms with Crippen LogP contribution in [0.1, 0.15) is 20.6 Å². The fourth-order valence-corrected chi connectivity index (χ4v) is 7.32. The Morgan fingerprint density at radius 3 is 1.76 bits per heavy atom. The number of benzene rings is 8. The lowest BCUT2D eigenvalue weighted by atomic mass is 9.92. The van der Waals surface area contributed by atoms with Gasteiger partial charge in [-0.3, -0.25) is 0 Å². The molecule has 0 aliphatic rings. The zero-order valence-corrected chi connectivity index (χ0v) is 26.0. The van der Waals surface area contributed by atoms with Crippen molar-refractivity contribution in [3.8, 4) is 45.3 Å². The highest BCUT2D eigenvalue weighted by Gasteiger charge is 2.17. The van der Waals surface area contributed by atoms with Crippen LogP contribution in [0.2, 0.25) is 0 Å². The monoisotopic (exact) mass is 656 g/mol. The Balaban J connectivity index is 1.33. The molecule has 0 amide bonds. The van der Waals surface area contributed by atoms with Crippen LogP contribution in [0.25, 0.3) is 97.8 Å². The van der Waals surface area contributed by atoms with Crippen LogP contribution >= 0.6 is 11.3 Å². The number of aromatic nitrogens is 3. The molecule has 49 heavy (non-hydrogen) atoms. The first-order valence-electron chi connectivity index (χ1n) is 22.7. The predicted octanol–water partition coefficient (Wildman–Crippen LogP) is 12.4. The Morgan fingerprint density at radius 2 is 0.980 bits per heavy atom. The molecule has 2 heterocycles. The van der Waals surface area contributed by atoms with Gasteiger partial charge in [0.25, 0.3) is 0 Å². The minimum Gasteiger partial charge on any atom is -0.208 e. The first-order valence-corrected chi connectivity index (χ1v) is 16.0. The van der Waals surface area contributed by atoms with Gasteiger partial charge < -0.3 is 0 Å². The number of nitrogens with zero attached hydrogens (tertiary/aromatic N) is 3. The SMILES string of the molecule is [2H]c1c([2H])c(-c2nc(-c3ccccc3)nc(-c3cccc4c3sc3ccccc34)n2)c([2H])c(-c2c([2H])c([2H])c3c4c([2H])c([2H])c([2H])c([2H])c4c4c([2H])c([2H])c([2H])c([2H])c4c3c2[2H])c1[2H]. The quantitative estimate of drug-likeness (QED) is 0.177. The summed E-state index contributed by atoms with van der Waals surface area (Å²) in [5.41, 5.74) is -0.235. The molecule has 10 rings (SSSR count). The average Bonchev–Trinajstić information content (AvgIpc) is 3.69. The van der Waals surface area contributed by atoms with Crippen molar-refractivity contribution < 1.29 is 20.6 Å². The second kappa shape index (κ2) is 11.2. The smallest absolute Gasteiger partial charge is 0.165 e. The molecule has 0 fully saturated rings. The molecule has 0 atom stereocenters. The van der Waals surface area contributed by atoms with Gasteiger partial charge in [-0.15, -0.1) is 11.3 Å². The summed E-state index contributed by atoms with van der Waals surface area (Å²) in [6, 6.07) is 12.1. The lowest BCUT2D eigenvalue weighted by Gasteiger charge is -2.13. The van der Waals surface area contributed by atoms with Gasteiger partial charge in [-0.05, 0) is 67.7 Å². The van der Waals surface area contributed by atoms with E-state index in [1.54, 1.807) is 24.3 Å². The van der Waals surface area contributed by atoms with Gasteiger partial charge in [0.2, 0.25) is 0 Å². The average molecular weight is 657 g/mol. The topological polar surface area (TPSA) is 38.7 Å². The first kappa shape index (κ1) is 16.7. The van der Waals surface area contributed by atoms with Crippen molar-refractivity contribution in [3.63, 3.8) is 0 Å². The molecule has 0 saturated carbocycles. The Morgan fingerprint density at radius 1 is 0.388 bits per heavy atom. The molecule has 0 spiro atoms. The summed E-state index contributed by atoms with van der Waals surface area (Å²) in [4.78, 5) is 14.4. The summed E-state index contributed by atoms with van der Waals surface area (Å²) in [5.74, 6) is 0.124. The Labute approximate surface area is 307 Å². The molecule has 0 saturated heterocycles. The second-order valence-corrected chi connectivity index (χ2v) is 12.3. The maximum atomic E-state index is 9.73. The van der Waals surface area contributed by atoms with E-state index in [4.69, 9.17) is 28.7 Å². The van der Waals surface area contributed by atoms with E-state index in [0.717, 1.165) is 20.2 Å². The van der Waals surface area contributed by atoms with Gasteiger partial charge in [0.1, 0.15) is 0 Å². The first-order chi connectivity index (χ1) is 30.5. The van der Waals surface area contributed by atoms with Crippen LogP contribution < -0.4 is 0 Å². The fraction of sp³-hybridized carbons (Fsp3) is 0. The molecule has 8 aromatic carbocycles. The highest BCUT2D eigenvalue weighted by molar-refractivity contribution is 7.26. The molecule has 0 N–H and O–H groups in total. The normalized spacial score (nSPS) is 16.0. The van der Waals surface area contributed by atoms with E-state index in [1.165, 1.54) is 11.3 Å². The zero-order chi connectivity index (χ0) is 45.4. The highest BCUT2D eigenvalue weighted by Crippen LogP contribution is 2.40. The highest BCUT2D eigenvalue weighted by atomic mass is 32.1. The maximum Gasteiger partial charge on any atom is 0.165 e. The maximum absolute atomic E-state index is 9.73.